The molecule has 3 N–H and O–H groups in total. The summed E-state index contributed by atoms with van der Waals surface area (Å²) in [5.41, 5.74) is 8.86. The first-order valence-electron chi connectivity index (χ1n) is 4.73. The largest absolute Gasteiger partial charge is 0.508 e. The minimum Gasteiger partial charge on any atom is -0.508 e. The molecule has 1 rings (SSSR count). The molecule has 0 fully saturated rings. The predicted molar refractivity (Wildman–Crippen MR) is 69.7 cm³/mol. The van der Waals surface area contributed by atoms with Gasteiger partial charge in [0.05, 0.1) is 0 Å². The van der Waals surface area contributed by atoms with E-state index in [4.69, 9.17) is 5.73 Å². The molecular weight excluding hydrogens is 277 g/mol. The van der Waals surface area contributed by atoms with Crippen molar-refractivity contribution in [3.63, 3.8) is 0 Å². The quantitative estimate of drug-likeness (QED) is 0.875. The molecule has 1 atom stereocenters. The van der Waals surface area contributed by atoms with Crippen LogP contribution in [0.3, 0.4) is 0 Å². The van der Waals surface area contributed by atoms with Crippen molar-refractivity contribution in [1.82, 2.24) is 0 Å². The molecule has 0 bridgehead atoms. The summed E-state index contributed by atoms with van der Waals surface area (Å²) in [7, 11) is 0. The number of rotatable bonds is 2. The highest BCUT2D eigenvalue weighted by Gasteiger charge is 2.15. The fourth-order valence-electron chi connectivity index (χ4n) is 1.62. The van der Waals surface area contributed by atoms with Gasteiger partial charge in [0, 0.05) is 16.1 Å². The van der Waals surface area contributed by atoms with Crippen LogP contribution in [0, 0.1) is 13.8 Å². The van der Waals surface area contributed by atoms with Crippen LogP contribution in [-0.2, 0) is 0 Å². The Morgan fingerprint density at radius 3 is 2.47 bits per heavy atom. The minimum absolute atomic E-state index is 0. The van der Waals surface area contributed by atoms with Crippen LogP contribution in [0.5, 0.6) is 5.75 Å². The summed E-state index contributed by atoms with van der Waals surface area (Å²) >= 11 is 3.49. The molecule has 15 heavy (non-hydrogen) atoms. The van der Waals surface area contributed by atoms with E-state index in [9.17, 15) is 5.11 Å². The van der Waals surface area contributed by atoms with Gasteiger partial charge >= 0.3 is 0 Å². The van der Waals surface area contributed by atoms with E-state index in [1.165, 1.54) is 0 Å². The number of phenols is 1. The van der Waals surface area contributed by atoms with Gasteiger partial charge in [-0.1, -0.05) is 22.9 Å². The lowest BCUT2D eigenvalue weighted by Crippen LogP contribution is -2.11. The second-order valence-corrected chi connectivity index (χ2v) is 4.37. The van der Waals surface area contributed by atoms with Crippen LogP contribution in [0.4, 0.5) is 0 Å². The SMILES string of the molecule is CC[C@H](N)c1c(O)cc(C)c(Br)c1C.Cl. The molecule has 0 aliphatic carbocycles. The maximum atomic E-state index is 9.80. The molecule has 0 unspecified atom stereocenters. The van der Waals surface area contributed by atoms with Crippen LogP contribution in [0.1, 0.15) is 36.1 Å². The van der Waals surface area contributed by atoms with Gasteiger partial charge in [-0.3, -0.25) is 0 Å². The number of aryl methyl sites for hydroxylation is 1. The molecule has 0 heterocycles. The van der Waals surface area contributed by atoms with Gasteiger partial charge in [-0.25, -0.2) is 0 Å². The van der Waals surface area contributed by atoms with Crippen molar-refractivity contribution in [2.24, 2.45) is 5.73 Å². The molecule has 0 aromatic heterocycles. The molecule has 0 amide bonds. The van der Waals surface area contributed by atoms with Gasteiger partial charge in [-0.15, -0.1) is 12.4 Å². The van der Waals surface area contributed by atoms with Gasteiger partial charge in [-0.05, 0) is 37.5 Å². The third-order valence-electron chi connectivity index (χ3n) is 2.52. The van der Waals surface area contributed by atoms with Crippen molar-refractivity contribution in [1.29, 1.82) is 0 Å². The second kappa shape index (κ2) is 5.73. The minimum atomic E-state index is -0.0908. The summed E-state index contributed by atoms with van der Waals surface area (Å²) in [6.07, 6.45) is 0.823. The van der Waals surface area contributed by atoms with Crippen LogP contribution in [0.15, 0.2) is 10.5 Å². The van der Waals surface area contributed by atoms with Crippen LogP contribution >= 0.6 is 28.3 Å². The number of nitrogens with two attached hydrogens (primary N) is 1. The highest BCUT2D eigenvalue weighted by Crippen LogP contribution is 2.35. The van der Waals surface area contributed by atoms with E-state index in [0.717, 1.165) is 27.6 Å². The normalized spacial score (nSPS) is 12.1. The van der Waals surface area contributed by atoms with Gasteiger partial charge in [0.25, 0.3) is 0 Å². The smallest absolute Gasteiger partial charge is 0.120 e. The fourth-order valence-corrected chi connectivity index (χ4v) is 1.95. The van der Waals surface area contributed by atoms with Crippen LogP contribution in [0.25, 0.3) is 0 Å². The monoisotopic (exact) mass is 293 g/mol. The summed E-state index contributed by atoms with van der Waals surface area (Å²) in [5.74, 6) is 0.303. The lowest BCUT2D eigenvalue weighted by atomic mass is 9.97. The Kier molecular flexibility index (Phi) is 5.63. The first-order chi connectivity index (χ1) is 6.49. The van der Waals surface area contributed by atoms with Gasteiger partial charge < -0.3 is 10.8 Å². The number of hydrogen-bond donors (Lipinski definition) is 2. The van der Waals surface area contributed by atoms with E-state index in [2.05, 4.69) is 15.9 Å². The highest BCUT2D eigenvalue weighted by molar-refractivity contribution is 9.10. The second-order valence-electron chi connectivity index (χ2n) is 3.58. The first-order valence-corrected chi connectivity index (χ1v) is 5.52. The van der Waals surface area contributed by atoms with Crippen molar-refractivity contribution in [2.75, 3.05) is 0 Å². The molecular formula is C11H17BrClNO. The van der Waals surface area contributed by atoms with Crippen molar-refractivity contribution in [3.8, 4) is 5.75 Å². The maximum absolute atomic E-state index is 9.80. The molecule has 1 aromatic carbocycles. The third kappa shape index (κ3) is 2.86. The molecule has 0 saturated heterocycles. The Balaban J connectivity index is 0.00000196. The zero-order valence-corrected chi connectivity index (χ0v) is 11.6. The van der Waals surface area contributed by atoms with Gasteiger partial charge in [-0.2, -0.15) is 0 Å². The Bertz CT molecular complexity index is 355. The number of halogens is 2. The lowest BCUT2D eigenvalue weighted by Gasteiger charge is -2.17. The number of benzene rings is 1. The zero-order chi connectivity index (χ0) is 10.9. The Hall–Kier alpha value is -0.250. The van der Waals surface area contributed by atoms with E-state index in [1.54, 1.807) is 6.07 Å². The number of phenolic OH excluding ortho intramolecular Hbond substituents is 1. The topological polar surface area (TPSA) is 46.2 Å². The highest BCUT2D eigenvalue weighted by atomic mass is 79.9. The standard InChI is InChI=1S/C11H16BrNO.ClH/c1-4-8(13)10-7(3)11(12)6(2)5-9(10)14;/h5,8,14H,4,13H2,1-3H3;1H/t8-;/m0./s1. The van der Waals surface area contributed by atoms with Crippen molar-refractivity contribution < 1.29 is 5.11 Å². The Labute approximate surface area is 105 Å². The summed E-state index contributed by atoms with van der Waals surface area (Å²) in [4.78, 5) is 0. The van der Waals surface area contributed by atoms with Gasteiger partial charge in [0.15, 0.2) is 0 Å². The van der Waals surface area contributed by atoms with Crippen LogP contribution in [-0.4, -0.2) is 5.11 Å². The van der Waals surface area contributed by atoms with Gasteiger partial charge in [0.1, 0.15) is 5.75 Å². The summed E-state index contributed by atoms with van der Waals surface area (Å²) in [6, 6.07) is 1.66. The molecule has 2 nitrogen and oxygen atoms in total. The summed E-state index contributed by atoms with van der Waals surface area (Å²) in [5, 5.41) is 9.80. The van der Waals surface area contributed by atoms with Crippen molar-refractivity contribution in [2.45, 2.75) is 33.2 Å². The molecule has 4 heteroatoms. The van der Waals surface area contributed by atoms with Crippen LogP contribution < -0.4 is 5.73 Å². The molecule has 86 valence electrons. The van der Waals surface area contributed by atoms with Crippen LogP contribution in [0.2, 0.25) is 0 Å². The van der Waals surface area contributed by atoms with E-state index in [1.807, 2.05) is 20.8 Å². The number of hydrogen-bond acceptors (Lipinski definition) is 2. The molecule has 0 aliphatic heterocycles. The van der Waals surface area contributed by atoms with E-state index in [0.29, 0.717) is 5.75 Å². The number of aromatic hydroxyl groups is 1. The van der Waals surface area contributed by atoms with E-state index >= 15 is 0 Å². The lowest BCUT2D eigenvalue weighted by molar-refractivity contribution is 0.458. The molecule has 0 spiro atoms. The van der Waals surface area contributed by atoms with Gasteiger partial charge in [0.2, 0.25) is 0 Å². The maximum Gasteiger partial charge on any atom is 0.120 e. The molecule has 0 aliphatic rings. The fraction of sp³-hybridized carbons (Fsp3) is 0.455. The summed E-state index contributed by atoms with van der Waals surface area (Å²) < 4.78 is 1.04. The Morgan fingerprint density at radius 1 is 1.47 bits per heavy atom. The van der Waals surface area contributed by atoms with E-state index in [-0.39, 0.29) is 18.4 Å². The van der Waals surface area contributed by atoms with E-state index < -0.39 is 0 Å². The average Bonchev–Trinajstić information content (AvgIpc) is 2.14. The average molecular weight is 295 g/mol. The predicted octanol–water partition coefficient (Wildman–Crippen LogP) is 3.60. The Morgan fingerprint density at radius 2 is 2.00 bits per heavy atom. The zero-order valence-electron chi connectivity index (χ0n) is 9.17. The molecule has 0 saturated carbocycles. The van der Waals surface area contributed by atoms with Crippen molar-refractivity contribution in [3.05, 3.63) is 27.2 Å². The first kappa shape index (κ1) is 14.8. The molecule has 0 radical (unpaired) electrons. The summed E-state index contributed by atoms with van der Waals surface area (Å²) in [6.45, 7) is 5.94. The third-order valence-corrected chi connectivity index (χ3v) is 3.74. The van der Waals surface area contributed by atoms with Crippen molar-refractivity contribution >= 4 is 28.3 Å². The molecule has 1 aromatic rings.